The molecule has 1 aliphatic rings. The van der Waals surface area contributed by atoms with Gasteiger partial charge in [-0.1, -0.05) is 103 Å². The van der Waals surface area contributed by atoms with Gasteiger partial charge in [-0.3, -0.25) is 4.79 Å². The summed E-state index contributed by atoms with van der Waals surface area (Å²) in [5.41, 5.74) is 0.419. The van der Waals surface area contributed by atoms with E-state index in [1.807, 2.05) is 0 Å². The molecule has 0 aromatic carbocycles. The fraction of sp³-hybridized carbons (Fsp3) is 0.852. The number of rotatable bonds is 19. The lowest BCUT2D eigenvalue weighted by Crippen LogP contribution is -2.29. The smallest absolute Gasteiger partial charge is 0.273 e. The second-order valence-corrected chi connectivity index (χ2v) is 9.67. The number of nitrogens with one attached hydrogen (secondary N) is 2. The Kier molecular flexibility index (Phi) is 15.2. The zero-order chi connectivity index (χ0) is 22.7. The predicted molar refractivity (Wildman–Crippen MR) is 133 cm³/mol. The van der Waals surface area contributed by atoms with Crippen LogP contribution in [0, 0.1) is 0 Å². The highest BCUT2D eigenvalue weighted by Crippen LogP contribution is 2.22. The Morgan fingerprint density at radius 1 is 0.938 bits per heavy atom. The third kappa shape index (κ3) is 12.0. The Balaban J connectivity index is 1.34. The van der Waals surface area contributed by atoms with Gasteiger partial charge in [0.15, 0.2) is 11.6 Å². The second kappa shape index (κ2) is 18.1. The average molecular weight is 448 g/mol. The third-order valence-corrected chi connectivity index (χ3v) is 6.72. The van der Waals surface area contributed by atoms with Crippen LogP contribution in [0.2, 0.25) is 0 Å². The van der Waals surface area contributed by atoms with Crippen molar-refractivity contribution in [3.05, 3.63) is 17.8 Å². The summed E-state index contributed by atoms with van der Waals surface area (Å²) in [6.07, 6.45) is 25.5. The quantitative estimate of drug-likeness (QED) is 0.221. The molecule has 5 heteroatoms. The Labute approximate surface area is 196 Å². The molecule has 1 aromatic rings. The minimum atomic E-state index is -0.107. The molecule has 1 fully saturated rings. The molecule has 0 radical (unpaired) electrons. The van der Waals surface area contributed by atoms with Crippen LogP contribution >= 0.6 is 0 Å². The molecule has 2 rings (SSSR count). The van der Waals surface area contributed by atoms with Gasteiger partial charge in [-0.15, -0.1) is 0 Å². The van der Waals surface area contributed by atoms with Crippen molar-refractivity contribution < 1.29 is 9.21 Å². The number of hydrogen-bond acceptors (Lipinski definition) is 4. The number of piperidine rings is 1. The first kappa shape index (κ1) is 26.9. The number of oxazole rings is 1. The van der Waals surface area contributed by atoms with Gasteiger partial charge in [0.1, 0.15) is 6.26 Å². The summed E-state index contributed by atoms with van der Waals surface area (Å²) < 4.78 is 5.55. The largest absolute Gasteiger partial charge is 0.448 e. The van der Waals surface area contributed by atoms with E-state index in [2.05, 4.69) is 22.5 Å². The highest BCUT2D eigenvalue weighted by atomic mass is 16.3. The number of hydrogen-bond donors (Lipinski definition) is 2. The molecule has 32 heavy (non-hydrogen) atoms. The lowest BCUT2D eigenvalue weighted by Gasteiger charge is -2.19. The summed E-state index contributed by atoms with van der Waals surface area (Å²) in [5, 5.41) is 6.35. The fourth-order valence-corrected chi connectivity index (χ4v) is 4.61. The average Bonchev–Trinajstić information content (AvgIpc) is 3.32. The van der Waals surface area contributed by atoms with Crippen molar-refractivity contribution in [2.75, 3.05) is 19.6 Å². The molecule has 0 bridgehead atoms. The van der Waals surface area contributed by atoms with Crippen LogP contribution in [0.15, 0.2) is 10.7 Å². The van der Waals surface area contributed by atoms with E-state index in [1.165, 1.54) is 103 Å². The molecule has 1 atom stereocenters. The highest BCUT2D eigenvalue weighted by molar-refractivity contribution is 5.91. The third-order valence-electron chi connectivity index (χ3n) is 6.72. The molecule has 2 N–H and O–H groups in total. The first-order valence-corrected chi connectivity index (χ1v) is 13.8. The standard InChI is InChI=1S/C27H49N3O2/c1-2-3-4-5-6-7-8-9-10-11-12-13-14-15-16-17-21-29-26(31)25-23-32-27(30-25)24-19-18-20-28-22-24/h23-24,28H,2-22H2,1H3,(H,29,31). The lowest BCUT2D eigenvalue weighted by atomic mass is 10.00. The van der Waals surface area contributed by atoms with E-state index in [1.54, 1.807) is 0 Å². The molecule has 5 nitrogen and oxygen atoms in total. The Hall–Kier alpha value is -1.36. The molecular formula is C27H49N3O2. The van der Waals surface area contributed by atoms with Crippen LogP contribution in [0.25, 0.3) is 0 Å². The topological polar surface area (TPSA) is 67.2 Å². The predicted octanol–water partition coefficient (Wildman–Crippen LogP) is 7.13. The van der Waals surface area contributed by atoms with Crippen LogP contribution in [0.1, 0.15) is 145 Å². The molecule has 1 amide bonds. The van der Waals surface area contributed by atoms with Crippen LogP contribution in [-0.4, -0.2) is 30.5 Å². The number of amides is 1. The van der Waals surface area contributed by atoms with E-state index in [-0.39, 0.29) is 5.91 Å². The summed E-state index contributed by atoms with van der Waals surface area (Å²) in [5.74, 6) is 0.889. The molecule has 184 valence electrons. The van der Waals surface area contributed by atoms with Gasteiger partial charge in [-0.05, 0) is 25.8 Å². The number of unbranched alkanes of at least 4 members (excludes halogenated alkanes) is 15. The minimum Gasteiger partial charge on any atom is -0.448 e. The SMILES string of the molecule is CCCCCCCCCCCCCCCCCCNC(=O)c1coc(C2CCCNC2)n1. The van der Waals surface area contributed by atoms with Gasteiger partial charge < -0.3 is 15.1 Å². The van der Waals surface area contributed by atoms with Crippen molar-refractivity contribution in [3.8, 4) is 0 Å². The van der Waals surface area contributed by atoms with Gasteiger partial charge >= 0.3 is 0 Å². The van der Waals surface area contributed by atoms with E-state index in [9.17, 15) is 4.79 Å². The van der Waals surface area contributed by atoms with Gasteiger partial charge in [0.2, 0.25) is 0 Å². The summed E-state index contributed by atoms with van der Waals surface area (Å²) in [7, 11) is 0. The number of carbonyl (C=O) groups is 1. The monoisotopic (exact) mass is 447 g/mol. The van der Waals surface area contributed by atoms with E-state index in [0.717, 1.165) is 38.9 Å². The Bertz CT molecular complexity index is 581. The van der Waals surface area contributed by atoms with Crippen LogP contribution in [0.3, 0.4) is 0 Å². The molecule has 0 spiro atoms. The van der Waals surface area contributed by atoms with Crippen LogP contribution in [-0.2, 0) is 0 Å². The molecule has 1 unspecified atom stereocenters. The van der Waals surface area contributed by atoms with Crippen LogP contribution < -0.4 is 10.6 Å². The molecule has 1 aliphatic heterocycles. The molecule has 1 aromatic heterocycles. The van der Waals surface area contributed by atoms with Gasteiger partial charge in [-0.25, -0.2) is 4.98 Å². The van der Waals surface area contributed by atoms with E-state index < -0.39 is 0 Å². The first-order valence-electron chi connectivity index (χ1n) is 13.8. The molecule has 0 aliphatic carbocycles. The van der Waals surface area contributed by atoms with Crippen molar-refractivity contribution in [2.45, 2.75) is 128 Å². The fourth-order valence-electron chi connectivity index (χ4n) is 4.61. The molecule has 2 heterocycles. The maximum Gasteiger partial charge on any atom is 0.273 e. The summed E-state index contributed by atoms with van der Waals surface area (Å²) in [6.45, 7) is 4.96. The van der Waals surface area contributed by atoms with Crippen molar-refractivity contribution in [3.63, 3.8) is 0 Å². The zero-order valence-electron chi connectivity index (χ0n) is 20.8. The van der Waals surface area contributed by atoms with Crippen LogP contribution in [0.5, 0.6) is 0 Å². The van der Waals surface area contributed by atoms with Crippen molar-refractivity contribution in [2.24, 2.45) is 0 Å². The van der Waals surface area contributed by atoms with Gasteiger partial charge in [0.05, 0.1) is 0 Å². The van der Waals surface area contributed by atoms with Crippen molar-refractivity contribution >= 4 is 5.91 Å². The second-order valence-electron chi connectivity index (χ2n) is 9.67. The van der Waals surface area contributed by atoms with E-state index in [4.69, 9.17) is 4.42 Å². The molecule has 0 saturated carbocycles. The lowest BCUT2D eigenvalue weighted by molar-refractivity contribution is 0.0948. The van der Waals surface area contributed by atoms with Gasteiger partial charge in [0, 0.05) is 19.0 Å². The first-order chi connectivity index (χ1) is 15.8. The van der Waals surface area contributed by atoms with Crippen molar-refractivity contribution in [1.29, 1.82) is 0 Å². The summed E-state index contributed by atoms with van der Waals surface area (Å²) in [6, 6.07) is 0. The number of aromatic nitrogens is 1. The summed E-state index contributed by atoms with van der Waals surface area (Å²) in [4.78, 5) is 16.7. The highest BCUT2D eigenvalue weighted by Gasteiger charge is 2.21. The Morgan fingerprint density at radius 3 is 2.03 bits per heavy atom. The van der Waals surface area contributed by atoms with Crippen LogP contribution in [0.4, 0.5) is 0 Å². The number of nitrogens with zero attached hydrogens (tertiary/aromatic N) is 1. The maximum atomic E-state index is 12.3. The number of carbonyl (C=O) groups excluding carboxylic acids is 1. The van der Waals surface area contributed by atoms with Gasteiger partial charge in [0.25, 0.3) is 5.91 Å². The van der Waals surface area contributed by atoms with Gasteiger partial charge in [-0.2, -0.15) is 0 Å². The van der Waals surface area contributed by atoms with E-state index in [0.29, 0.717) is 17.5 Å². The molecule has 1 saturated heterocycles. The molecular weight excluding hydrogens is 398 g/mol. The maximum absolute atomic E-state index is 12.3. The summed E-state index contributed by atoms with van der Waals surface area (Å²) >= 11 is 0. The minimum absolute atomic E-state index is 0.107. The van der Waals surface area contributed by atoms with E-state index >= 15 is 0 Å². The normalized spacial score (nSPS) is 16.3. The van der Waals surface area contributed by atoms with Crippen molar-refractivity contribution in [1.82, 2.24) is 15.6 Å². The zero-order valence-corrected chi connectivity index (χ0v) is 20.8. The Morgan fingerprint density at radius 2 is 1.50 bits per heavy atom.